The number of rotatable bonds is 4. The SMILES string of the molecule is COc1ccc(Cl)cc1[C@@H]1C(C(=O)OC(C)C)=C(C)N=C2SC(C#N)=C(N)N21. The lowest BCUT2D eigenvalue weighted by molar-refractivity contribution is -0.143. The fourth-order valence-electron chi connectivity index (χ4n) is 3.09. The van der Waals surface area contributed by atoms with Crippen LogP contribution in [0.5, 0.6) is 5.75 Å². The number of fused-ring (bicyclic) bond motifs is 1. The molecule has 0 amide bonds. The Hall–Kier alpha value is -2.63. The molecule has 3 rings (SSSR count). The molecule has 28 heavy (non-hydrogen) atoms. The van der Waals surface area contributed by atoms with E-state index in [9.17, 15) is 10.1 Å². The standard InChI is InChI=1S/C19H19ClN4O3S/c1-9(2)27-18(25)15-10(3)23-19-24(17(22)14(8-21)28-19)16(15)12-7-11(20)5-6-13(12)26-4/h5-7,9,16H,22H2,1-4H3/t16-/m1/s1. The molecule has 0 saturated carbocycles. The second-order valence-corrected chi connectivity index (χ2v) is 7.85. The molecular weight excluding hydrogens is 400 g/mol. The van der Waals surface area contributed by atoms with Crippen molar-refractivity contribution in [2.45, 2.75) is 32.9 Å². The lowest BCUT2D eigenvalue weighted by Gasteiger charge is -2.35. The predicted octanol–water partition coefficient (Wildman–Crippen LogP) is 3.69. The van der Waals surface area contributed by atoms with Gasteiger partial charge in [0.15, 0.2) is 5.17 Å². The number of nitrogens with zero attached hydrogens (tertiary/aromatic N) is 3. The summed E-state index contributed by atoms with van der Waals surface area (Å²) in [6.07, 6.45) is -0.310. The molecule has 0 fully saturated rings. The molecule has 0 aliphatic carbocycles. The first-order chi connectivity index (χ1) is 13.3. The molecule has 2 N–H and O–H groups in total. The summed E-state index contributed by atoms with van der Waals surface area (Å²) in [5.41, 5.74) is 7.68. The molecule has 2 heterocycles. The Balaban J connectivity index is 2.25. The van der Waals surface area contributed by atoms with E-state index in [0.717, 1.165) is 11.8 Å². The monoisotopic (exact) mass is 418 g/mol. The Morgan fingerprint density at radius 3 is 2.79 bits per heavy atom. The van der Waals surface area contributed by atoms with E-state index < -0.39 is 12.0 Å². The van der Waals surface area contributed by atoms with Gasteiger partial charge in [0.1, 0.15) is 28.6 Å². The van der Waals surface area contributed by atoms with Crippen LogP contribution in [0.15, 0.2) is 45.2 Å². The highest BCUT2D eigenvalue weighted by atomic mass is 35.5. The fraction of sp³-hybridized carbons (Fsp3) is 0.316. The minimum atomic E-state index is -0.689. The second-order valence-electron chi connectivity index (χ2n) is 6.43. The third-order valence-electron chi connectivity index (χ3n) is 4.23. The van der Waals surface area contributed by atoms with Crippen LogP contribution in [-0.2, 0) is 9.53 Å². The maximum absolute atomic E-state index is 13.0. The minimum absolute atomic E-state index is 0.223. The lowest BCUT2D eigenvalue weighted by atomic mass is 9.93. The summed E-state index contributed by atoms with van der Waals surface area (Å²) in [6.45, 7) is 5.27. The van der Waals surface area contributed by atoms with Crippen molar-refractivity contribution in [2.24, 2.45) is 10.7 Å². The number of nitriles is 1. The molecule has 0 bridgehead atoms. The number of carbonyl (C=O) groups excluding carboxylic acids is 1. The van der Waals surface area contributed by atoms with Crippen molar-refractivity contribution in [2.75, 3.05) is 7.11 Å². The van der Waals surface area contributed by atoms with E-state index in [1.807, 2.05) is 0 Å². The molecule has 146 valence electrons. The number of halogens is 1. The summed E-state index contributed by atoms with van der Waals surface area (Å²) in [5, 5.41) is 10.4. The molecule has 2 aliphatic heterocycles. The number of benzene rings is 1. The molecule has 7 nitrogen and oxygen atoms in total. The summed E-state index contributed by atoms with van der Waals surface area (Å²) < 4.78 is 11.0. The number of esters is 1. The number of ether oxygens (including phenoxy) is 2. The largest absolute Gasteiger partial charge is 0.496 e. The van der Waals surface area contributed by atoms with Crippen LogP contribution in [0.2, 0.25) is 5.02 Å². The molecule has 1 aromatic carbocycles. The van der Waals surface area contributed by atoms with Gasteiger partial charge in [-0.15, -0.1) is 0 Å². The molecule has 0 spiro atoms. The van der Waals surface area contributed by atoms with E-state index in [1.165, 1.54) is 7.11 Å². The van der Waals surface area contributed by atoms with Gasteiger partial charge in [0, 0.05) is 10.6 Å². The van der Waals surface area contributed by atoms with E-state index in [2.05, 4.69) is 11.1 Å². The Morgan fingerprint density at radius 1 is 1.46 bits per heavy atom. The fourth-order valence-corrected chi connectivity index (χ4v) is 4.19. The van der Waals surface area contributed by atoms with Gasteiger partial charge in [-0.2, -0.15) is 5.26 Å². The zero-order valence-corrected chi connectivity index (χ0v) is 17.4. The second kappa shape index (κ2) is 7.78. The summed E-state index contributed by atoms with van der Waals surface area (Å²) in [5.74, 6) is 0.243. The lowest BCUT2D eigenvalue weighted by Crippen LogP contribution is -2.39. The van der Waals surface area contributed by atoms with Crippen LogP contribution in [0.1, 0.15) is 32.4 Å². The van der Waals surface area contributed by atoms with Crippen LogP contribution in [0.3, 0.4) is 0 Å². The Bertz CT molecular complexity index is 978. The normalized spacial score (nSPS) is 18.8. The molecule has 0 radical (unpaired) electrons. The van der Waals surface area contributed by atoms with Crippen molar-refractivity contribution in [1.29, 1.82) is 5.26 Å². The summed E-state index contributed by atoms with van der Waals surface area (Å²) >= 11 is 7.40. The van der Waals surface area contributed by atoms with Crippen LogP contribution >= 0.6 is 23.4 Å². The van der Waals surface area contributed by atoms with Crippen LogP contribution in [0.4, 0.5) is 0 Å². The third kappa shape index (κ3) is 3.43. The highest BCUT2D eigenvalue weighted by Gasteiger charge is 2.44. The first-order valence-electron chi connectivity index (χ1n) is 8.49. The van der Waals surface area contributed by atoms with Gasteiger partial charge in [-0.25, -0.2) is 9.79 Å². The summed E-state index contributed by atoms with van der Waals surface area (Å²) in [6, 6.07) is 6.52. The minimum Gasteiger partial charge on any atom is -0.496 e. The van der Waals surface area contributed by atoms with Gasteiger partial charge in [-0.3, -0.25) is 4.90 Å². The van der Waals surface area contributed by atoms with Crippen LogP contribution < -0.4 is 10.5 Å². The van der Waals surface area contributed by atoms with Crippen molar-refractivity contribution < 1.29 is 14.3 Å². The topological polar surface area (TPSA) is 101 Å². The Morgan fingerprint density at radius 2 is 2.18 bits per heavy atom. The average molecular weight is 419 g/mol. The van der Waals surface area contributed by atoms with Crippen molar-refractivity contribution in [3.63, 3.8) is 0 Å². The van der Waals surface area contributed by atoms with Crippen LogP contribution in [0.25, 0.3) is 0 Å². The molecular formula is C19H19ClN4O3S. The van der Waals surface area contributed by atoms with Gasteiger partial charge in [0.2, 0.25) is 0 Å². The van der Waals surface area contributed by atoms with Gasteiger partial charge >= 0.3 is 5.97 Å². The molecule has 1 atom stereocenters. The van der Waals surface area contributed by atoms with E-state index in [-0.39, 0.29) is 11.9 Å². The zero-order valence-electron chi connectivity index (χ0n) is 15.8. The number of methoxy groups -OCH3 is 1. The average Bonchev–Trinajstić information content (AvgIpc) is 2.95. The number of hydrogen-bond acceptors (Lipinski definition) is 8. The van der Waals surface area contributed by atoms with E-state index in [1.54, 1.807) is 43.9 Å². The van der Waals surface area contributed by atoms with Crippen molar-refractivity contribution in [3.05, 3.63) is 50.8 Å². The number of amidine groups is 1. The summed E-state index contributed by atoms with van der Waals surface area (Å²) in [7, 11) is 1.53. The molecule has 0 saturated heterocycles. The van der Waals surface area contributed by atoms with Crippen molar-refractivity contribution in [3.8, 4) is 11.8 Å². The number of allylic oxidation sites excluding steroid dienone is 2. The quantitative estimate of drug-likeness (QED) is 0.744. The predicted molar refractivity (Wildman–Crippen MR) is 108 cm³/mol. The number of aliphatic imine (C=N–C) groups is 1. The molecule has 9 heteroatoms. The van der Waals surface area contributed by atoms with E-state index in [4.69, 9.17) is 26.8 Å². The number of thioether (sulfide) groups is 1. The van der Waals surface area contributed by atoms with Gasteiger partial charge in [0.05, 0.1) is 24.5 Å². The Kier molecular flexibility index (Phi) is 5.59. The summed E-state index contributed by atoms with van der Waals surface area (Å²) in [4.78, 5) is 19.4. The third-order valence-corrected chi connectivity index (χ3v) is 5.44. The molecule has 1 aromatic rings. The molecule has 0 unspecified atom stereocenters. The Labute approximate surface area is 172 Å². The van der Waals surface area contributed by atoms with Gasteiger partial charge in [-0.1, -0.05) is 11.6 Å². The smallest absolute Gasteiger partial charge is 0.338 e. The van der Waals surface area contributed by atoms with Crippen molar-refractivity contribution >= 4 is 34.5 Å². The molecule has 0 aromatic heterocycles. The maximum Gasteiger partial charge on any atom is 0.338 e. The first kappa shape index (κ1) is 20.1. The first-order valence-corrected chi connectivity index (χ1v) is 9.68. The van der Waals surface area contributed by atoms with E-state index in [0.29, 0.717) is 37.7 Å². The van der Waals surface area contributed by atoms with Crippen molar-refractivity contribution in [1.82, 2.24) is 4.90 Å². The van der Waals surface area contributed by atoms with Gasteiger partial charge in [0.25, 0.3) is 0 Å². The highest BCUT2D eigenvalue weighted by molar-refractivity contribution is 8.17. The maximum atomic E-state index is 13.0. The number of nitrogens with two attached hydrogens (primary N) is 1. The van der Waals surface area contributed by atoms with Gasteiger partial charge < -0.3 is 15.2 Å². The van der Waals surface area contributed by atoms with Crippen LogP contribution in [-0.4, -0.2) is 29.3 Å². The van der Waals surface area contributed by atoms with E-state index >= 15 is 0 Å². The number of carbonyl (C=O) groups is 1. The van der Waals surface area contributed by atoms with Gasteiger partial charge in [-0.05, 0) is 50.7 Å². The highest BCUT2D eigenvalue weighted by Crippen LogP contribution is 2.47. The number of hydrogen-bond donors (Lipinski definition) is 1. The molecule has 2 aliphatic rings. The zero-order chi connectivity index (χ0) is 20.6. The van der Waals surface area contributed by atoms with Crippen LogP contribution in [0, 0.1) is 11.3 Å².